The Morgan fingerprint density at radius 2 is 2.28 bits per heavy atom. The standard InChI is InChI=1S/C10H18BrN3O3S/c1-4-14-6-10(12-8-14)18(15,16)13(2)5-9(11)7-17-3/h6,8-9H,4-5,7H2,1-3H3. The van der Waals surface area contributed by atoms with E-state index in [-0.39, 0.29) is 9.85 Å². The van der Waals surface area contributed by atoms with E-state index in [9.17, 15) is 8.42 Å². The number of aromatic nitrogens is 2. The van der Waals surface area contributed by atoms with Crippen molar-refractivity contribution in [3.8, 4) is 0 Å². The second-order valence-corrected chi connectivity index (χ2v) is 7.17. The van der Waals surface area contributed by atoms with Crippen molar-refractivity contribution in [1.29, 1.82) is 0 Å². The first-order valence-electron chi connectivity index (χ1n) is 5.53. The van der Waals surface area contributed by atoms with Crippen LogP contribution in [-0.4, -0.2) is 54.4 Å². The van der Waals surface area contributed by atoms with Gasteiger partial charge in [-0.2, -0.15) is 4.31 Å². The molecule has 1 rings (SSSR count). The fraction of sp³-hybridized carbons (Fsp3) is 0.700. The number of sulfonamides is 1. The number of nitrogens with zero attached hydrogens (tertiary/aromatic N) is 3. The molecule has 0 saturated heterocycles. The summed E-state index contributed by atoms with van der Waals surface area (Å²) in [5.41, 5.74) is 0. The topological polar surface area (TPSA) is 64.4 Å². The van der Waals surface area contributed by atoms with Crippen molar-refractivity contribution < 1.29 is 13.2 Å². The van der Waals surface area contributed by atoms with E-state index in [4.69, 9.17) is 4.74 Å². The van der Waals surface area contributed by atoms with Crippen molar-refractivity contribution in [3.05, 3.63) is 12.5 Å². The monoisotopic (exact) mass is 339 g/mol. The summed E-state index contributed by atoms with van der Waals surface area (Å²) in [6, 6.07) is 0. The normalized spacial score (nSPS) is 14.1. The van der Waals surface area contributed by atoms with Gasteiger partial charge in [0.25, 0.3) is 10.0 Å². The van der Waals surface area contributed by atoms with Gasteiger partial charge in [0.15, 0.2) is 5.03 Å². The highest BCUT2D eigenvalue weighted by Gasteiger charge is 2.25. The molecule has 0 aliphatic carbocycles. The maximum absolute atomic E-state index is 12.2. The van der Waals surface area contributed by atoms with Crippen molar-refractivity contribution in [2.75, 3.05) is 27.3 Å². The zero-order valence-electron chi connectivity index (χ0n) is 10.7. The van der Waals surface area contributed by atoms with E-state index in [1.54, 1.807) is 11.7 Å². The minimum atomic E-state index is -3.53. The minimum absolute atomic E-state index is 0.0458. The number of halogens is 1. The summed E-state index contributed by atoms with van der Waals surface area (Å²) in [4.78, 5) is 3.87. The summed E-state index contributed by atoms with van der Waals surface area (Å²) in [6.45, 7) is 3.39. The van der Waals surface area contributed by atoms with Crippen molar-refractivity contribution in [3.63, 3.8) is 0 Å². The summed E-state index contributed by atoms with van der Waals surface area (Å²) in [5, 5.41) is 0.0731. The van der Waals surface area contributed by atoms with Crippen molar-refractivity contribution in [1.82, 2.24) is 13.9 Å². The molecule has 0 N–H and O–H groups in total. The average Bonchev–Trinajstić information content (AvgIpc) is 2.78. The maximum Gasteiger partial charge on any atom is 0.261 e. The first-order valence-corrected chi connectivity index (χ1v) is 7.88. The van der Waals surface area contributed by atoms with Gasteiger partial charge in [0.1, 0.15) is 0 Å². The lowest BCUT2D eigenvalue weighted by atomic mass is 10.4. The molecule has 6 nitrogen and oxygen atoms in total. The van der Waals surface area contributed by atoms with Gasteiger partial charge in [-0.15, -0.1) is 0 Å². The molecule has 8 heteroatoms. The van der Waals surface area contributed by atoms with Crippen LogP contribution in [0.1, 0.15) is 6.92 Å². The van der Waals surface area contributed by atoms with E-state index < -0.39 is 10.0 Å². The van der Waals surface area contributed by atoms with E-state index in [1.807, 2.05) is 6.92 Å². The van der Waals surface area contributed by atoms with Gasteiger partial charge in [-0.25, -0.2) is 13.4 Å². The molecule has 104 valence electrons. The van der Waals surface area contributed by atoms with Crippen LogP contribution < -0.4 is 0 Å². The van der Waals surface area contributed by atoms with Crippen molar-refractivity contribution >= 4 is 26.0 Å². The first-order chi connectivity index (χ1) is 8.41. The molecule has 0 aliphatic heterocycles. The summed E-state index contributed by atoms with van der Waals surface area (Å²) >= 11 is 3.37. The molecule has 1 heterocycles. The Morgan fingerprint density at radius 1 is 1.61 bits per heavy atom. The van der Waals surface area contributed by atoms with Gasteiger partial charge < -0.3 is 9.30 Å². The number of methoxy groups -OCH3 is 1. The third kappa shape index (κ3) is 3.78. The van der Waals surface area contributed by atoms with Crippen LogP contribution in [0.5, 0.6) is 0 Å². The van der Waals surface area contributed by atoms with Crippen molar-refractivity contribution in [2.24, 2.45) is 0 Å². The zero-order valence-corrected chi connectivity index (χ0v) is 13.1. The highest BCUT2D eigenvalue weighted by molar-refractivity contribution is 9.09. The van der Waals surface area contributed by atoms with E-state index >= 15 is 0 Å². The Morgan fingerprint density at radius 3 is 2.78 bits per heavy atom. The van der Waals surface area contributed by atoms with E-state index in [0.717, 1.165) is 0 Å². The van der Waals surface area contributed by atoms with Gasteiger partial charge in [0, 0.05) is 33.4 Å². The number of imidazole rings is 1. The largest absolute Gasteiger partial charge is 0.383 e. The summed E-state index contributed by atoms with van der Waals surface area (Å²) in [6.07, 6.45) is 3.05. The number of hydrogen-bond acceptors (Lipinski definition) is 4. The van der Waals surface area contributed by atoms with Gasteiger partial charge >= 0.3 is 0 Å². The molecule has 0 fully saturated rings. The molecular weight excluding hydrogens is 322 g/mol. The molecule has 0 spiro atoms. The number of alkyl halides is 1. The molecular formula is C10H18BrN3O3S. The fourth-order valence-electron chi connectivity index (χ4n) is 1.42. The Bertz CT molecular complexity index is 474. The maximum atomic E-state index is 12.2. The van der Waals surface area contributed by atoms with Crippen LogP contribution in [0.2, 0.25) is 0 Å². The summed E-state index contributed by atoms with van der Waals surface area (Å²) in [5.74, 6) is 0. The second kappa shape index (κ2) is 6.65. The molecule has 0 amide bonds. The molecule has 18 heavy (non-hydrogen) atoms. The van der Waals surface area contributed by atoms with Gasteiger partial charge in [0.2, 0.25) is 0 Å². The predicted molar refractivity (Wildman–Crippen MR) is 72.3 cm³/mol. The molecule has 1 aromatic heterocycles. The Balaban J connectivity index is 2.79. The minimum Gasteiger partial charge on any atom is -0.383 e. The number of ether oxygens (including phenoxy) is 1. The lowest BCUT2D eigenvalue weighted by molar-refractivity contribution is 0.195. The van der Waals surface area contributed by atoms with E-state index in [1.165, 1.54) is 23.9 Å². The molecule has 0 aromatic carbocycles. The Hall–Kier alpha value is -0.440. The fourth-order valence-corrected chi connectivity index (χ4v) is 3.45. The molecule has 1 atom stereocenters. The third-order valence-electron chi connectivity index (χ3n) is 2.45. The van der Waals surface area contributed by atoms with Gasteiger partial charge in [-0.1, -0.05) is 15.9 Å². The molecule has 1 unspecified atom stereocenters. The van der Waals surface area contributed by atoms with E-state index in [0.29, 0.717) is 19.7 Å². The smallest absolute Gasteiger partial charge is 0.261 e. The van der Waals surface area contributed by atoms with Crippen LogP contribution in [0.15, 0.2) is 17.6 Å². The predicted octanol–water partition coefficient (Wildman–Crippen LogP) is 0.933. The number of rotatable bonds is 7. The lowest BCUT2D eigenvalue weighted by Gasteiger charge is -2.18. The van der Waals surface area contributed by atoms with E-state index in [2.05, 4.69) is 20.9 Å². The van der Waals surface area contributed by atoms with Crippen LogP contribution in [0.4, 0.5) is 0 Å². The molecule has 0 bridgehead atoms. The Kier molecular flexibility index (Phi) is 5.77. The molecule has 0 aliphatic rings. The molecule has 1 aromatic rings. The van der Waals surface area contributed by atoms with Crippen molar-refractivity contribution in [2.45, 2.75) is 23.3 Å². The van der Waals surface area contributed by atoms with Crippen LogP contribution >= 0.6 is 15.9 Å². The van der Waals surface area contributed by atoms with Crippen LogP contribution in [0.25, 0.3) is 0 Å². The lowest BCUT2D eigenvalue weighted by Crippen LogP contribution is -2.34. The summed E-state index contributed by atoms with van der Waals surface area (Å²) < 4.78 is 32.3. The van der Waals surface area contributed by atoms with Crippen LogP contribution in [-0.2, 0) is 21.3 Å². The second-order valence-electron chi connectivity index (χ2n) is 3.88. The van der Waals surface area contributed by atoms with Gasteiger partial charge in [-0.3, -0.25) is 0 Å². The van der Waals surface area contributed by atoms with Crippen LogP contribution in [0, 0.1) is 0 Å². The van der Waals surface area contributed by atoms with Crippen LogP contribution in [0.3, 0.4) is 0 Å². The third-order valence-corrected chi connectivity index (χ3v) is 4.72. The first kappa shape index (κ1) is 15.6. The Labute approximate surface area is 116 Å². The number of aryl methyl sites for hydroxylation is 1. The average molecular weight is 340 g/mol. The van der Waals surface area contributed by atoms with Gasteiger partial charge in [-0.05, 0) is 6.92 Å². The quantitative estimate of drug-likeness (QED) is 0.693. The molecule has 0 saturated carbocycles. The zero-order chi connectivity index (χ0) is 13.8. The summed E-state index contributed by atoms with van der Waals surface area (Å²) in [7, 11) is -0.419. The highest BCUT2D eigenvalue weighted by Crippen LogP contribution is 2.14. The van der Waals surface area contributed by atoms with Gasteiger partial charge in [0.05, 0.1) is 17.8 Å². The number of hydrogen-bond donors (Lipinski definition) is 0. The SMILES string of the molecule is CCn1cnc(S(=O)(=O)N(C)CC(Br)COC)c1. The highest BCUT2D eigenvalue weighted by atomic mass is 79.9. The molecule has 0 radical (unpaired) electrons.